The highest BCUT2D eigenvalue weighted by Gasteiger charge is 2.29. The van der Waals surface area contributed by atoms with E-state index in [0.717, 1.165) is 35.6 Å². The molecule has 0 radical (unpaired) electrons. The lowest BCUT2D eigenvalue weighted by molar-refractivity contribution is -0.143. The summed E-state index contributed by atoms with van der Waals surface area (Å²) in [5.74, 6) is 0.648. The molecule has 4 rings (SSSR count). The predicted octanol–water partition coefficient (Wildman–Crippen LogP) is 5.56. The number of carboxylic acids is 1. The first-order valence-electron chi connectivity index (χ1n) is 11.7. The molecule has 2 aliphatic carbocycles. The van der Waals surface area contributed by atoms with E-state index in [1.165, 1.54) is 24.2 Å². The lowest BCUT2D eigenvalue weighted by atomic mass is 9.87. The molecular formula is C24H30ClN3O5S. The molecule has 0 aliphatic heterocycles. The second-order valence-corrected chi connectivity index (χ2v) is 10.9. The monoisotopic (exact) mass is 507 g/mol. The number of amides is 1. The SMILES string of the molecule is Cc1nc(-c2sc(Cl)cc2COC(=O)N(C)CCC2CC2)ncc1O[C@H]1CCC[C@H](C(=O)O)C1. The summed E-state index contributed by atoms with van der Waals surface area (Å²) >= 11 is 7.60. The first-order chi connectivity index (χ1) is 16.3. The molecular weight excluding hydrogens is 478 g/mol. The molecule has 34 heavy (non-hydrogen) atoms. The van der Waals surface area contributed by atoms with E-state index in [0.29, 0.717) is 41.0 Å². The molecule has 2 aromatic rings. The topological polar surface area (TPSA) is 102 Å². The van der Waals surface area contributed by atoms with Crippen LogP contribution in [-0.4, -0.2) is 51.7 Å². The Morgan fingerprint density at radius 1 is 1.29 bits per heavy atom. The van der Waals surface area contributed by atoms with E-state index in [1.54, 1.807) is 24.2 Å². The zero-order chi connectivity index (χ0) is 24.2. The summed E-state index contributed by atoms with van der Waals surface area (Å²) in [5.41, 5.74) is 1.42. The van der Waals surface area contributed by atoms with Crippen molar-refractivity contribution in [2.24, 2.45) is 11.8 Å². The van der Waals surface area contributed by atoms with Crippen molar-refractivity contribution in [3.63, 3.8) is 0 Å². The standard InChI is InChI=1S/C24H30ClN3O5S/c1-14-19(33-18-5-3-4-16(10-18)23(29)30)12-26-22(27-14)21-17(11-20(25)34-21)13-32-24(31)28(2)9-8-15-6-7-15/h11-12,15-16,18H,3-10,13H2,1-2H3,(H,29,30)/t16-,18-/m0/s1. The number of thiophene rings is 1. The Hall–Kier alpha value is -2.39. The molecule has 2 saturated carbocycles. The fourth-order valence-electron chi connectivity index (χ4n) is 4.15. The van der Waals surface area contributed by atoms with Gasteiger partial charge in [0.25, 0.3) is 0 Å². The van der Waals surface area contributed by atoms with Crippen molar-refractivity contribution >= 4 is 35.0 Å². The molecule has 2 aromatic heterocycles. The van der Waals surface area contributed by atoms with E-state index in [4.69, 9.17) is 21.1 Å². The van der Waals surface area contributed by atoms with Crippen LogP contribution >= 0.6 is 22.9 Å². The van der Waals surface area contributed by atoms with Crippen molar-refractivity contribution in [2.75, 3.05) is 13.6 Å². The van der Waals surface area contributed by atoms with Gasteiger partial charge < -0.3 is 19.5 Å². The Morgan fingerprint density at radius 2 is 2.09 bits per heavy atom. The maximum atomic E-state index is 12.3. The molecule has 0 bridgehead atoms. The van der Waals surface area contributed by atoms with Crippen LogP contribution in [0.1, 0.15) is 56.2 Å². The summed E-state index contributed by atoms with van der Waals surface area (Å²) in [6.45, 7) is 2.62. The second kappa shape index (κ2) is 10.9. The van der Waals surface area contributed by atoms with Crippen LogP contribution in [-0.2, 0) is 16.1 Å². The fourth-order valence-corrected chi connectivity index (χ4v) is 5.35. The first kappa shape index (κ1) is 24.7. The van der Waals surface area contributed by atoms with Crippen molar-refractivity contribution in [1.82, 2.24) is 14.9 Å². The van der Waals surface area contributed by atoms with Crippen LogP contribution in [0.25, 0.3) is 10.7 Å². The summed E-state index contributed by atoms with van der Waals surface area (Å²) < 4.78 is 12.1. The van der Waals surface area contributed by atoms with Gasteiger partial charge in [-0.1, -0.05) is 24.4 Å². The van der Waals surface area contributed by atoms with Gasteiger partial charge in [0.2, 0.25) is 0 Å². The van der Waals surface area contributed by atoms with E-state index in [9.17, 15) is 14.7 Å². The highest BCUT2D eigenvalue weighted by molar-refractivity contribution is 7.19. The normalized spacial score (nSPS) is 20.1. The van der Waals surface area contributed by atoms with Gasteiger partial charge in [-0.2, -0.15) is 0 Å². The average molecular weight is 508 g/mol. The van der Waals surface area contributed by atoms with Crippen molar-refractivity contribution < 1.29 is 24.2 Å². The zero-order valence-corrected chi connectivity index (χ0v) is 21.0. The minimum atomic E-state index is -0.770. The number of hydrogen-bond acceptors (Lipinski definition) is 7. The summed E-state index contributed by atoms with van der Waals surface area (Å²) in [6.07, 6.45) is 7.44. The summed E-state index contributed by atoms with van der Waals surface area (Å²) in [4.78, 5) is 35.1. The Balaban J connectivity index is 1.39. The molecule has 2 atom stereocenters. The molecule has 0 saturated heterocycles. The van der Waals surface area contributed by atoms with E-state index in [2.05, 4.69) is 9.97 Å². The van der Waals surface area contributed by atoms with E-state index in [1.807, 2.05) is 6.92 Å². The lowest BCUT2D eigenvalue weighted by Crippen LogP contribution is -2.29. The molecule has 2 fully saturated rings. The third kappa shape index (κ3) is 6.39. The molecule has 1 N–H and O–H groups in total. The first-order valence-corrected chi connectivity index (χ1v) is 12.9. The van der Waals surface area contributed by atoms with Gasteiger partial charge in [0.1, 0.15) is 6.61 Å². The second-order valence-electron chi connectivity index (χ2n) is 9.20. The molecule has 0 spiro atoms. The molecule has 10 heteroatoms. The van der Waals surface area contributed by atoms with Crippen LogP contribution in [0.3, 0.4) is 0 Å². The van der Waals surface area contributed by atoms with Crippen molar-refractivity contribution in [1.29, 1.82) is 0 Å². The van der Waals surface area contributed by atoms with Gasteiger partial charge in [0.15, 0.2) is 11.6 Å². The van der Waals surface area contributed by atoms with E-state index < -0.39 is 5.97 Å². The maximum Gasteiger partial charge on any atom is 0.409 e. The summed E-state index contributed by atoms with van der Waals surface area (Å²) in [6, 6.07) is 1.77. The third-order valence-corrected chi connectivity index (χ3v) is 7.72. The van der Waals surface area contributed by atoms with Gasteiger partial charge >= 0.3 is 12.1 Å². The Morgan fingerprint density at radius 3 is 2.79 bits per heavy atom. The molecule has 8 nitrogen and oxygen atoms in total. The van der Waals surface area contributed by atoms with E-state index in [-0.39, 0.29) is 24.7 Å². The van der Waals surface area contributed by atoms with Crippen molar-refractivity contribution in [3.05, 3.63) is 27.9 Å². The molecule has 2 heterocycles. The predicted molar refractivity (Wildman–Crippen MR) is 129 cm³/mol. The van der Waals surface area contributed by atoms with Crippen LogP contribution in [0.4, 0.5) is 4.79 Å². The zero-order valence-electron chi connectivity index (χ0n) is 19.5. The highest BCUT2D eigenvalue weighted by atomic mass is 35.5. The number of nitrogens with zero attached hydrogens (tertiary/aromatic N) is 3. The van der Waals surface area contributed by atoms with Gasteiger partial charge in [-0.3, -0.25) is 4.79 Å². The maximum absolute atomic E-state index is 12.3. The number of carboxylic acid groups (broad SMARTS) is 1. The number of aromatic nitrogens is 2. The molecule has 1 amide bonds. The summed E-state index contributed by atoms with van der Waals surface area (Å²) in [7, 11) is 1.75. The van der Waals surface area contributed by atoms with Gasteiger partial charge in [0, 0.05) is 19.2 Å². The molecule has 184 valence electrons. The molecule has 2 aliphatic rings. The smallest absolute Gasteiger partial charge is 0.409 e. The molecule has 0 unspecified atom stereocenters. The number of rotatable bonds is 9. The lowest BCUT2D eigenvalue weighted by Gasteiger charge is -2.27. The Labute approximate surface area is 208 Å². The molecule has 0 aromatic carbocycles. The minimum Gasteiger partial charge on any atom is -0.487 e. The number of hydrogen-bond donors (Lipinski definition) is 1. The highest BCUT2D eigenvalue weighted by Crippen LogP contribution is 2.36. The van der Waals surface area contributed by atoms with E-state index >= 15 is 0 Å². The number of halogens is 1. The Kier molecular flexibility index (Phi) is 7.93. The van der Waals surface area contributed by atoms with Crippen LogP contribution in [0, 0.1) is 18.8 Å². The quantitative estimate of drug-likeness (QED) is 0.474. The number of ether oxygens (including phenoxy) is 2. The van der Waals surface area contributed by atoms with Crippen LogP contribution < -0.4 is 4.74 Å². The van der Waals surface area contributed by atoms with Crippen LogP contribution in [0.5, 0.6) is 5.75 Å². The number of carbonyl (C=O) groups excluding carboxylic acids is 1. The van der Waals surface area contributed by atoms with Crippen LogP contribution in [0.15, 0.2) is 12.3 Å². The van der Waals surface area contributed by atoms with Crippen molar-refractivity contribution in [2.45, 2.75) is 64.6 Å². The summed E-state index contributed by atoms with van der Waals surface area (Å²) in [5, 5.41) is 9.30. The van der Waals surface area contributed by atoms with Gasteiger partial charge in [-0.05, 0) is 51.0 Å². The average Bonchev–Trinajstić information content (AvgIpc) is 3.57. The number of carbonyl (C=O) groups is 2. The van der Waals surface area contributed by atoms with Crippen LogP contribution in [0.2, 0.25) is 4.34 Å². The van der Waals surface area contributed by atoms with Crippen molar-refractivity contribution in [3.8, 4) is 16.5 Å². The largest absolute Gasteiger partial charge is 0.487 e. The van der Waals surface area contributed by atoms with Gasteiger partial charge in [-0.15, -0.1) is 11.3 Å². The number of aliphatic carboxylic acids is 1. The Bertz CT molecular complexity index is 1040. The third-order valence-electron chi connectivity index (χ3n) is 6.42. The number of aryl methyl sites for hydroxylation is 1. The van der Waals surface area contributed by atoms with Gasteiger partial charge in [-0.25, -0.2) is 14.8 Å². The van der Waals surface area contributed by atoms with Gasteiger partial charge in [0.05, 0.1) is 33.1 Å². The minimum absolute atomic E-state index is 0.0878. The fraction of sp³-hybridized carbons (Fsp3) is 0.583.